The molecule has 4 nitrogen and oxygen atoms in total. The molecule has 0 aliphatic carbocycles. The summed E-state index contributed by atoms with van der Waals surface area (Å²) in [5, 5.41) is 3.06. The molecule has 0 aliphatic rings. The molecule has 0 radical (unpaired) electrons. The van der Waals surface area contributed by atoms with Crippen molar-refractivity contribution < 1.29 is 14.3 Å². The van der Waals surface area contributed by atoms with Crippen molar-refractivity contribution in [3.63, 3.8) is 0 Å². The van der Waals surface area contributed by atoms with Crippen molar-refractivity contribution in [2.45, 2.75) is 0 Å². The second-order valence-electron chi connectivity index (χ2n) is 3.87. The van der Waals surface area contributed by atoms with Crippen LogP contribution in [0.15, 0.2) is 32.5 Å². The van der Waals surface area contributed by atoms with Gasteiger partial charge in [-0.05, 0) is 56.1 Å². The number of carbonyl (C=O) groups is 2. The number of halogens is 3. The van der Waals surface area contributed by atoms with E-state index in [0.717, 1.165) is 8.26 Å². The molecule has 1 aromatic heterocycles. The fourth-order valence-electron chi connectivity index (χ4n) is 1.55. The van der Waals surface area contributed by atoms with Crippen molar-refractivity contribution in [3.05, 3.63) is 48.0 Å². The molecule has 0 atom stereocenters. The van der Waals surface area contributed by atoms with Crippen LogP contribution in [0.5, 0.6) is 0 Å². The molecule has 0 fully saturated rings. The zero-order valence-electron chi connectivity index (χ0n) is 10.6. The van der Waals surface area contributed by atoms with Crippen LogP contribution in [0.3, 0.4) is 0 Å². The molecule has 0 bridgehead atoms. The highest BCUT2D eigenvalue weighted by atomic mass is 79.9. The number of hydrogen-bond acceptors (Lipinski definition) is 4. The Morgan fingerprint density at radius 3 is 2.57 bits per heavy atom. The van der Waals surface area contributed by atoms with Crippen molar-refractivity contribution in [1.82, 2.24) is 0 Å². The smallest absolute Gasteiger partial charge is 0.340 e. The number of amides is 1. The molecule has 2 rings (SSSR count). The van der Waals surface area contributed by atoms with E-state index in [9.17, 15) is 9.59 Å². The van der Waals surface area contributed by atoms with E-state index < -0.39 is 5.97 Å². The summed E-state index contributed by atoms with van der Waals surface area (Å²) in [4.78, 5) is 24.4. The van der Waals surface area contributed by atoms with Crippen LogP contribution < -0.4 is 5.32 Å². The fraction of sp³-hybridized carbons (Fsp3) is 0.0769. The Kier molecular flexibility index (Phi) is 5.43. The van der Waals surface area contributed by atoms with Crippen LogP contribution in [0.1, 0.15) is 20.0 Å². The van der Waals surface area contributed by atoms with Crippen molar-refractivity contribution in [3.8, 4) is 0 Å². The largest absolute Gasteiger partial charge is 0.465 e. The van der Waals surface area contributed by atoms with Crippen LogP contribution in [0.25, 0.3) is 0 Å². The minimum atomic E-state index is -0.568. The molecular formula is C13H8Br2ClNO3S. The molecule has 0 saturated heterocycles. The second-order valence-corrected chi connectivity index (χ2v) is 7.53. The highest BCUT2D eigenvalue weighted by molar-refractivity contribution is 9.13. The lowest BCUT2D eigenvalue weighted by Gasteiger charge is -2.09. The first-order valence-corrected chi connectivity index (χ1v) is 8.34. The molecule has 1 heterocycles. The summed E-state index contributed by atoms with van der Waals surface area (Å²) < 4.78 is 6.29. The van der Waals surface area contributed by atoms with Crippen LogP contribution in [0.2, 0.25) is 5.02 Å². The number of thiophene rings is 1. The minimum absolute atomic E-state index is 0.202. The van der Waals surface area contributed by atoms with E-state index in [1.165, 1.54) is 24.5 Å². The Bertz CT molecular complexity index is 698. The summed E-state index contributed by atoms with van der Waals surface area (Å²) in [6.07, 6.45) is 0. The molecule has 110 valence electrons. The number of methoxy groups -OCH3 is 1. The topological polar surface area (TPSA) is 55.4 Å². The van der Waals surface area contributed by atoms with Crippen LogP contribution in [0.4, 0.5) is 5.69 Å². The van der Waals surface area contributed by atoms with E-state index in [2.05, 4.69) is 41.9 Å². The Hall–Kier alpha value is -0.890. The minimum Gasteiger partial charge on any atom is -0.465 e. The fourth-order valence-corrected chi connectivity index (χ4v) is 3.65. The van der Waals surface area contributed by atoms with E-state index >= 15 is 0 Å². The first-order valence-electron chi connectivity index (χ1n) is 5.56. The second kappa shape index (κ2) is 6.91. The third-order valence-electron chi connectivity index (χ3n) is 2.50. The van der Waals surface area contributed by atoms with Gasteiger partial charge in [-0.1, -0.05) is 11.6 Å². The Morgan fingerprint density at radius 2 is 2.00 bits per heavy atom. The summed E-state index contributed by atoms with van der Waals surface area (Å²) in [6, 6.07) is 6.29. The molecule has 0 saturated carbocycles. The van der Waals surface area contributed by atoms with Gasteiger partial charge >= 0.3 is 5.97 Å². The number of esters is 1. The first-order chi connectivity index (χ1) is 9.92. The molecular weight excluding hydrogens is 445 g/mol. The third kappa shape index (κ3) is 3.85. The van der Waals surface area contributed by atoms with Gasteiger partial charge < -0.3 is 10.1 Å². The van der Waals surface area contributed by atoms with Crippen LogP contribution >= 0.6 is 54.8 Å². The average Bonchev–Trinajstić information content (AvgIpc) is 2.80. The number of carbonyl (C=O) groups excluding carboxylic acids is 2. The maximum absolute atomic E-state index is 12.2. The van der Waals surface area contributed by atoms with E-state index in [-0.39, 0.29) is 11.5 Å². The molecule has 1 aromatic carbocycles. The van der Waals surface area contributed by atoms with Gasteiger partial charge in [-0.15, -0.1) is 11.3 Å². The highest BCUT2D eigenvalue weighted by Crippen LogP contribution is 2.33. The summed E-state index contributed by atoms with van der Waals surface area (Å²) in [6.45, 7) is 0. The highest BCUT2D eigenvalue weighted by Gasteiger charge is 2.17. The van der Waals surface area contributed by atoms with Gasteiger partial charge in [0.1, 0.15) is 0 Å². The number of nitrogens with one attached hydrogen (secondary N) is 1. The van der Waals surface area contributed by atoms with Gasteiger partial charge in [0.2, 0.25) is 0 Å². The summed E-state index contributed by atoms with van der Waals surface area (Å²) >= 11 is 13.8. The maximum Gasteiger partial charge on any atom is 0.340 e. The third-order valence-corrected chi connectivity index (χ3v) is 5.99. The molecule has 2 aromatic rings. The van der Waals surface area contributed by atoms with Gasteiger partial charge in [0.25, 0.3) is 5.91 Å². The quantitative estimate of drug-likeness (QED) is 0.668. The molecule has 0 spiro atoms. The monoisotopic (exact) mass is 451 g/mol. The van der Waals surface area contributed by atoms with Gasteiger partial charge in [-0.2, -0.15) is 0 Å². The van der Waals surface area contributed by atoms with E-state index in [4.69, 9.17) is 11.6 Å². The van der Waals surface area contributed by atoms with Crippen LogP contribution in [-0.4, -0.2) is 19.0 Å². The van der Waals surface area contributed by atoms with Crippen LogP contribution in [-0.2, 0) is 4.74 Å². The van der Waals surface area contributed by atoms with Gasteiger partial charge in [0.15, 0.2) is 0 Å². The lowest BCUT2D eigenvalue weighted by atomic mass is 10.1. The van der Waals surface area contributed by atoms with Crippen molar-refractivity contribution >= 4 is 72.4 Å². The standard InChI is InChI=1S/C13H8Br2ClNO3S/c1-20-13(19)7-4-6(16)2-3-9(7)17-12(18)10-5-8(14)11(15)21-10/h2-5H,1H3,(H,17,18). The van der Waals surface area contributed by atoms with Gasteiger partial charge in [-0.25, -0.2) is 4.79 Å². The molecule has 21 heavy (non-hydrogen) atoms. The number of anilines is 1. The van der Waals surface area contributed by atoms with Crippen LogP contribution in [0, 0.1) is 0 Å². The van der Waals surface area contributed by atoms with E-state index in [0.29, 0.717) is 15.6 Å². The normalized spacial score (nSPS) is 10.3. The SMILES string of the molecule is COC(=O)c1cc(Cl)ccc1NC(=O)c1cc(Br)c(Br)s1. The zero-order chi connectivity index (χ0) is 15.6. The molecule has 8 heteroatoms. The Labute approximate surface area is 146 Å². The lowest BCUT2D eigenvalue weighted by molar-refractivity contribution is 0.0602. The zero-order valence-corrected chi connectivity index (χ0v) is 15.3. The maximum atomic E-state index is 12.2. The van der Waals surface area contributed by atoms with Crippen molar-refractivity contribution in [2.24, 2.45) is 0 Å². The summed E-state index contributed by atoms with van der Waals surface area (Å²) in [7, 11) is 1.27. The summed E-state index contributed by atoms with van der Waals surface area (Å²) in [5.41, 5.74) is 0.546. The Balaban J connectivity index is 2.30. The van der Waals surface area contributed by atoms with Gasteiger partial charge in [0.05, 0.1) is 27.0 Å². The average molecular weight is 454 g/mol. The van der Waals surface area contributed by atoms with Gasteiger partial charge in [-0.3, -0.25) is 4.79 Å². The van der Waals surface area contributed by atoms with Crippen molar-refractivity contribution in [2.75, 3.05) is 12.4 Å². The lowest BCUT2D eigenvalue weighted by Crippen LogP contribution is -2.14. The first kappa shape index (κ1) is 16.5. The van der Waals surface area contributed by atoms with Gasteiger partial charge in [0, 0.05) is 9.50 Å². The predicted molar refractivity (Wildman–Crippen MR) is 90.5 cm³/mol. The number of rotatable bonds is 3. The molecule has 0 unspecified atom stereocenters. The number of benzene rings is 1. The number of hydrogen-bond donors (Lipinski definition) is 1. The summed E-state index contributed by atoms with van der Waals surface area (Å²) in [5.74, 6) is -0.889. The predicted octanol–water partition coefficient (Wildman–Crippen LogP) is 4.97. The molecule has 1 amide bonds. The van der Waals surface area contributed by atoms with E-state index in [1.54, 1.807) is 18.2 Å². The van der Waals surface area contributed by atoms with E-state index in [1.807, 2.05) is 0 Å². The number of ether oxygens (including phenoxy) is 1. The molecule has 0 aliphatic heterocycles. The van der Waals surface area contributed by atoms with Crippen molar-refractivity contribution in [1.29, 1.82) is 0 Å². The Morgan fingerprint density at radius 1 is 1.29 bits per heavy atom. The molecule has 1 N–H and O–H groups in total.